The Labute approximate surface area is 125 Å². The molecule has 1 atom stereocenters. The second-order valence-corrected chi connectivity index (χ2v) is 6.19. The molecule has 1 N–H and O–H groups in total. The highest BCUT2D eigenvalue weighted by Gasteiger charge is 2.49. The monoisotopic (exact) mass is 289 g/mol. The van der Waals surface area contributed by atoms with E-state index in [4.69, 9.17) is 4.74 Å². The normalized spacial score (nSPS) is 25.2. The number of pyridine rings is 1. The predicted octanol–water partition coefficient (Wildman–Crippen LogP) is 1.06. The number of methoxy groups -OCH3 is 1. The second-order valence-electron chi connectivity index (χ2n) is 6.19. The number of nitrogens with zero attached hydrogens (tertiary/aromatic N) is 2. The fourth-order valence-electron chi connectivity index (χ4n) is 3.61. The molecule has 0 radical (unpaired) electrons. The first-order valence-electron chi connectivity index (χ1n) is 7.62. The van der Waals surface area contributed by atoms with Gasteiger partial charge in [-0.2, -0.15) is 0 Å². The molecule has 0 aliphatic carbocycles. The van der Waals surface area contributed by atoms with Crippen molar-refractivity contribution in [2.24, 2.45) is 11.3 Å². The lowest BCUT2D eigenvalue weighted by molar-refractivity contribution is -0.126. The Morgan fingerprint density at radius 2 is 2.24 bits per heavy atom. The van der Waals surface area contributed by atoms with E-state index >= 15 is 0 Å². The van der Waals surface area contributed by atoms with Gasteiger partial charge in [0.05, 0.1) is 18.2 Å². The molecule has 1 aromatic heterocycles. The molecule has 1 spiro atoms. The third-order valence-electron chi connectivity index (χ3n) is 4.97. The van der Waals surface area contributed by atoms with Crippen LogP contribution in [0.15, 0.2) is 24.4 Å². The number of nitrogens with one attached hydrogen (secondary N) is 1. The van der Waals surface area contributed by atoms with Gasteiger partial charge in [0.15, 0.2) is 0 Å². The van der Waals surface area contributed by atoms with Crippen molar-refractivity contribution in [3.8, 4) is 0 Å². The number of likely N-dealkylation sites (tertiary alicyclic amines) is 1. The molecule has 2 aliphatic rings. The van der Waals surface area contributed by atoms with Crippen LogP contribution in [0.2, 0.25) is 0 Å². The van der Waals surface area contributed by atoms with Crippen molar-refractivity contribution in [2.45, 2.75) is 19.4 Å². The molecule has 0 saturated carbocycles. The van der Waals surface area contributed by atoms with Gasteiger partial charge in [-0.25, -0.2) is 0 Å². The number of aromatic nitrogens is 1. The Bertz CT molecular complexity index is 484. The van der Waals surface area contributed by atoms with E-state index in [9.17, 15) is 4.79 Å². The molecular formula is C16H23N3O2. The van der Waals surface area contributed by atoms with Gasteiger partial charge < -0.3 is 10.1 Å². The van der Waals surface area contributed by atoms with Gasteiger partial charge in [0.1, 0.15) is 0 Å². The molecule has 0 unspecified atom stereocenters. The van der Waals surface area contributed by atoms with E-state index < -0.39 is 0 Å². The van der Waals surface area contributed by atoms with Crippen molar-refractivity contribution < 1.29 is 9.53 Å². The molecule has 1 amide bonds. The summed E-state index contributed by atoms with van der Waals surface area (Å²) in [7, 11) is 1.68. The van der Waals surface area contributed by atoms with Crippen molar-refractivity contribution in [1.82, 2.24) is 15.2 Å². The first kappa shape index (κ1) is 14.5. The van der Waals surface area contributed by atoms with Crippen molar-refractivity contribution in [1.29, 1.82) is 0 Å². The Balaban J connectivity index is 1.60. The standard InChI is InChI=1S/C16H23N3O2/c1-21-11-14-15(20)18-12-16(14)5-8-19(9-6-16)10-13-4-2-3-7-17-13/h2-4,7,14H,5-6,8-12H2,1H3,(H,18,20)/t14-/m1/s1. The zero-order chi connectivity index (χ0) is 14.7. The van der Waals surface area contributed by atoms with Crippen LogP contribution in [0.3, 0.4) is 0 Å². The SMILES string of the molecule is COC[C@@H]1C(=O)NCC12CCN(Cc1ccccn1)CC2. The topological polar surface area (TPSA) is 54.5 Å². The van der Waals surface area contributed by atoms with Crippen LogP contribution in [-0.2, 0) is 16.1 Å². The van der Waals surface area contributed by atoms with Gasteiger partial charge in [0.2, 0.25) is 5.91 Å². The number of ether oxygens (including phenoxy) is 1. The Morgan fingerprint density at radius 3 is 2.90 bits per heavy atom. The third-order valence-corrected chi connectivity index (χ3v) is 4.97. The molecule has 1 aromatic rings. The number of hydrogen-bond donors (Lipinski definition) is 1. The quantitative estimate of drug-likeness (QED) is 0.900. The van der Waals surface area contributed by atoms with Crippen LogP contribution in [0, 0.1) is 11.3 Å². The fourth-order valence-corrected chi connectivity index (χ4v) is 3.61. The molecule has 2 aliphatic heterocycles. The molecule has 3 heterocycles. The third kappa shape index (κ3) is 2.94. The first-order chi connectivity index (χ1) is 10.2. The summed E-state index contributed by atoms with van der Waals surface area (Å²) in [5.74, 6) is 0.175. The van der Waals surface area contributed by atoms with Gasteiger partial charge >= 0.3 is 0 Å². The Hall–Kier alpha value is -1.46. The van der Waals surface area contributed by atoms with E-state index in [-0.39, 0.29) is 17.2 Å². The Morgan fingerprint density at radius 1 is 1.43 bits per heavy atom. The van der Waals surface area contributed by atoms with Gasteiger partial charge in [0, 0.05) is 31.8 Å². The van der Waals surface area contributed by atoms with E-state index in [1.807, 2.05) is 18.3 Å². The van der Waals surface area contributed by atoms with Crippen LogP contribution in [0.5, 0.6) is 0 Å². The molecular weight excluding hydrogens is 266 g/mol. The van der Waals surface area contributed by atoms with Crippen LogP contribution >= 0.6 is 0 Å². The van der Waals surface area contributed by atoms with Crippen LogP contribution in [0.25, 0.3) is 0 Å². The van der Waals surface area contributed by atoms with Crippen LogP contribution in [0.1, 0.15) is 18.5 Å². The lowest BCUT2D eigenvalue weighted by Gasteiger charge is -2.41. The summed E-state index contributed by atoms with van der Waals surface area (Å²) in [6, 6.07) is 6.04. The van der Waals surface area contributed by atoms with Crippen molar-refractivity contribution >= 4 is 5.91 Å². The lowest BCUT2D eigenvalue weighted by atomic mass is 9.71. The van der Waals surface area contributed by atoms with Crippen molar-refractivity contribution in [3.05, 3.63) is 30.1 Å². The van der Waals surface area contributed by atoms with Gasteiger partial charge in [-0.3, -0.25) is 14.7 Å². The first-order valence-corrected chi connectivity index (χ1v) is 7.62. The van der Waals surface area contributed by atoms with E-state index in [1.165, 1.54) is 0 Å². The minimum Gasteiger partial charge on any atom is -0.384 e. The van der Waals surface area contributed by atoms with Crippen LogP contribution < -0.4 is 5.32 Å². The molecule has 2 fully saturated rings. The fraction of sp³-hybridized carbons (Fsp3) is 0.625. The maximum Gasteiger partial charge on any atom is 0.226 e. The smallest absolute Gasteiger partial charge is 0.226 e. The van der Waals surface area contributed by atoms with Crippen LogP contribution in [0.4, 0.5) is 0 Å². The highest BCUT2D eigenvalue weighted by atomic mass is 16.5. The average Bonchev–Trinajstić information content (AvgIpc) is 2.81. The molecule has 5 nitrogen and oxygen atoms in total. The molecule has 2 saturated heterocycles. The predicted molar refractivity (Wildman–Crippen MR) is 79.6 cm³/mol. The summed E-state index contributed by atoms with van der Waals surface area (Å²) in [5.41, 5.74) is 1.20. The maximum atomic E-state index is 12.0. The van der Waals surface area contributed by atoms with Gasteiger partial charge in [-0.15, -0.1) is 0 Å². The summed E-state index contributed by atoms with van der Waals surface area (Å²) >= 11 is 0. The van der Waals surface area contributed by atoms with Crippen molar-refractivity contribution in [2.75, 3.05) is 33.4 Å². The number of hydrogen-bond acceptors (Lipinski definition) is 4. The lowest BCUT2D eigenvalue weighted by Crippen LogP contribution is -2.45. The summed E-state index contributed by atoms with van der Waals surface area (Å²) in [4.78, 5) is 18.8. The molecule has 21 heavy (non-hydrogen) atoms. The highest BCUT2D eigenvalue weighted by molar-refractivity contribution is 5.82. The van der Waals surface area contributed by atoms with E-state index in [0.717, 1.165) is 44.7 Å². The molecule has 0 aromatic carbocycles. The van der Waals surface area contributed by atoms with E-state index in [0.29, 0.717) is 6.61 Å². The summed E-state index contributed by atoms with van der Waals surface area (Å²) < 4.78 is 5.26. The largest absolute Gasteiger partial charge is 0.384 e. The number of amides is 1. The number of piperidine rings is 1. The number of carbonyl (C=O) groups excluding carboxylic acids is 1. The Kier molecular flexibility index (Phi) is 4.22. The summed E-state index contributed by atoms with van der Waals surface area (Å²) in [6.07, 6.45) is 3.94. The van der Waals surface area contributed by atoms with E-state index in [2.05, 4.69) is 21.3 Å². The number of rotatable bonds is 4. The number of carbonyl (C=O) groups is 1. The van der Waals surface area contributed by atoms with E-state index in [1.54, 1.807) is 7.11 Å². The molecule has 5 heteroatoms. The highest BCUT2D eigenvalue weighted by Crippen LogP contribution is 2.42. The average molecular weight is 289 g/mol. The molecule has 114 valence electrons. The molecule has 3 rings (SSSR count). The second kappa shape index (κ2) is 6.12. The minimum absolute atomic E-state index is 0.0134. The van der Waals surface area contributed by atoms with Gasteiger partial charge in [-0.05, 0) is 38.1 Å². The van der Waals surface area contributed by atoms with Gasteiger partial charge in [0.25, 0.3) is 0 Å². The zero-order valence-corrected chi connectivity index (χ0v) is 12.5. The zero-order valence-electron chi connectivity index (χ0n) is 12.5. The van der Waals surface area contributed by atoms with Crippen molar-refractivity contribution in [3.63, 3.8) is 0 Å². The van der Waals surface area contributed by atoms with Gasteiger partial charge in [-0.1, -0.05) is 6.07 Å². The molecule has 0 bridgehead atoms. The minimum atomic E-state index is 0.0134. The summed E-state index contributed by atoms with van der Waals surface area (Å²) in [5, 5.41) is 3.03. The maximum absolute atomic E-state index is 12.0. The summed E-state index contributed by atoms with van der Waals surface area (Å²) in [6.45, 7) is 4.27. The van der Waals surface area contributed by atoms with Crippen LogP contribution in [-0.4, -0.2) is 49.1 Å².